The molecule has 0 aliphatic rings. The first-order valence-electron chi connectivity index (χ1n) is 6.01. The van der Waals surface area contributed by atoms with Crippen molar-refractivity contribution in [3.05, 3.63) is 28.2 Å². The number of hydrogen-bond donors (Lipinski definition) is 2. The summed E-state index contributed by atoms with van der Waals surface area (Å²) in [5, 5.41) is 3.46. The summed E-state index contributed by atoms with van der Waals surface area (Å²) in [6.45, 7) is 5.15. The van der Waals surface area contributed by atoms with E-state index in [1.807, 2.05) is 13.8 Å². The molecule has 0 saturated carbocycles. The van der Waals surface area contributed by atoms with E-state index >= 15 is 0 Å². The average molecular weight is 325 g/mol. The number of halogens is 2. The lowest BCUT2D eigenvalue weighted by Gasteiger charge is -2.11. The molecule has 0 spiro atoms. The zero-order chi connectivity index (χ0) is 14.5. The number of sulfonamides is 1. The van der Waals surface area contributed by atoms with E-state index in [1.54, 1.807) is 6.07 Å². The lowest BCUT2D eigenvalue weighted by Crippen LogP contribution is -2.30. The van der Waals surface area contributed by atoms with Crippen LogP contribution < -0.4 is 10.0 Å². The summed E-state index contributed by atoms with van der Waals surface area (Å²) in [4.78, 5) is -0.0600. The Morgan fingerprint density at radius 1 is 1.16 bits per heavy atom. The van der Waals surface area contributed by atoms with E-state index in [-0.39, 0.29) is 14.9 Å². The summed E-state index contributed by atoms with van der Waals surface area (Å²) in [6.07, 6.45) is 0.694. The third-order valence-corrected chi connectivity index (χ3v) is 4.80. The molecule has 0 saturated heterocycles. The highest BCUT2D eigenvalue weighted by Gasteiger charge is 2.20. The van der Waals surface area contributed by atoms with Crippen LogP contribution in [-0.2, 0) is 10.0 Å². The smallest absolute Gasteiger partial charge is 0.243 e. The van der Waals surface area contributed by atoms with Crippen LogP contribution in [0.5, 0.6) is 0 Å². The highest BCUT2D eigenvalue weighted by atomic mass is 35.5. The molecule has 0 heterocycles. The minimum absolute atomic E-state index is 0.0600. The van der Waals surface area contributed by atoms with Gasteiger partial charge in [-0.05, 0) is 25.1 Å². The zero-order valence-corrected chi connectivity index (χ0v) is 13.2. The van der Waals surface area contributed by atoms with Crippen molar-refractivity contribution in [3.63, 3.8) is 0 Å². The van der Waals surface area contributed by atoms with Gasteiger partial charge in [-0.3, -0.25) is 0 Å². The molecule has 0 aliphatic heterocycles. The van der Waals surface area contributed by atoms with Gasteiger partial charge < -0.3 is 5.32 Å². The SMILES string of the molecule is CC(C)NCCCNS(=O)(=O)c1c(Cl)cccc1Cl. The molecule has 0 unspecified atom stereocenters. The zero-order valence-electron chi connectivity index (χ0n) is 10.9. The molecule has 0 amide bonds. The molecule has 0 bridgehead atoms. The Kier molecular flexibility index (Phi) is 6.56. The van der Waals surface area contributed by atoms with E-state index in [0.29, 0.717) is 19.0 Å². The second kappa shape index (κ2) is 7.45. The molecule has 2 N–H and O–H groups in total. The molecule has 7 heteroatoms. The van der Waals surface area contributed by atoms with Gasteiger partial charge in [-0.25, -0.2) is 13.1 Å². The fourth-order valence-corrected chi connectivity index (χ4v) is 3.71. The van der Waals surface area contributed by atoms with Crippen LogP contribution in [-0.4, -0.2) is 27.5 Å². The van der Waals surface area contributed by atoms with E-state index < -0.39 is 10.0 Å². The van der Waals surface area contributed by atoms with Crippen LogP contribution in [0.3, 0.4) is 0 Å². The van der Waals surface area contributed by atoms with E-state index in [1.165, 1.54) is 12.1 Å². The minimum Gasteiger partial charge on any atom is -0.314 e. The summed E-state index contributed by atoms with van der Waals surface area (Å²) >= 11 is 11.8. The maximum Gasteiger partial charge on any atom is 0.243 e. The third kappa shape index (κ3) is 5.28. The molecular formula is C12H18Cl2N2O2S. The maximum absolute atomic E-state index is 12.1. The molecule has 1 aromatic carbocycles. The van der Waals surface area contributed by atoms with Crippen LogP contribution in [0.1, 0.15) is 20.3 Å². The van der Waals surface area contributed by atoms with Crippen molar-refractivity contribution in [1.82, 2.24) is 10.0 Å². The van der Waals surface area contributed by atoms with Crippen molar-refractivity contribution in [1.29, 1.82) is 0 Å². The Labute approximate surface area is 124 Å². The number of benzene rings is 1. The van der Waals surface area contributed by atoms with Gasteiger partial charge >= 0.3 is 0 Å². The molecule has 0 aromatic heterocycles. The normalized spacial score (nSPS) is 12.1. The summed E-state index contributed by atoms with van der Waals surface area (Å²) < 4.78 is 26.6. The van der Waals surface area contributed by atoms with Gasteiger partial charge in [0.2, 0.25) is 10.0 Å². The standard InChI is InChI=1S/C12H18Cl2N2O2S/c1-9(2)15-7-4-8-16-19(17,18)12-10(13)5-3-6-11(12)14/h3,5-6,9,15-16H,4,7-8H2,1-2H3. The van der Waals surface area contributed by atoms with Crippen LogP contribution in [0.15, 0.2) is 23.1 Å². The Balaban J connectivity index is 2.62. The second-order valence-electron chi connectivity index (χ2n) is 4.41. The summed E-state index contributed by atoms with van der Waals surface area (Å²) in [5.74, 6) is 0. The van der Waals surface area contributed by atoms with Gasteiger partial charge in [0.1, 0.15) is 4.90 Å². The van der Waals surface area contributed by atoms with E-state index in [9.17, 15) is 8.42 Å². The molecule has 1 aromatic rings. The van der Waals surface area contributed by atoms with Crippen molar-refractivity contribution in [2.75, 3.05) is 13.1 Å². The summed E-state index contributed by atoms with van der Waals surface area (Å²) in [7, 11) is -3.66. The summed E-state index contributed by atoms with van der Waals surface area (Å²) in [6, 6.07) is 5.00. The van der Waals surface area contributed by atoms with Gasteiger partial charge in [-0.1, -0.05) is 43.1 Å². The molecule has 0 aliphatic carbocycles. The Morgan fingerprint density at radius 2 is 1.74 bits per heavy atom. The van der Waals surface area contributed by atoms with Crippen molar-refractivity contribution in [2.24, 2.45) is 0 Å². The monoisotopic (exact) mass is 324 g/mol. The van der Waals surface area contributed by atoms with Gasteiger partial charge in [-0.15, -0.1) is 0 Å². The topological polar surface area (TPSA) is 58.2 Å². The van der Waals surface area contributed by atoms with Crippen LogP contribution in [0.25, 0.3) is 0 Å². The number of hydrogen-bond acceptors (Lipinski definition) is 3. The fraction of sp³-hybridized carbons (Fsp3) is 0.500. The van der Waals surface area contributed by atoms with Gasteiger partial charge in [0.15, 0.2) is 0 Å². The van der Waals surface area contributed by atoms with Gasteiger partial charge in [0, 0.05) is 12.6 Å². The Bertz CT molecular complexity index is 498. The molecule has 108 valence electrons. The first-order chi connectivity index (χ1) is 8.84. The first-order valence-corrected chi connectivity index (χ1v) is 8.25. The second-order valence-corrected chi connectivity index (χ2v) is 6.93. The average Bonchev–Trinajstić information content (AvgIpc) is 2.27. The fourth-order valence-electron chi connectivity index (χ4n) is 1.50. The van der Waals surface area contributed by atoms with Crippen molar-refractivity contribution in [3.8, 4) is 0 Å². The van der Waals surface area contributed by atoms with E-state index in [2.05, 4.69) is 10.0 Å². The molecule has 0 radical (unpaired) electrons. The van der Waals surface area contributed by atoms with E-state index in [0.717, 1.165) is 6.54 Å². The van der Waals surface area contributed by atoms with Crippen LogP contribution in [0, 0.1) is 0 Å². The van der Waals surface area contributed by atoms with Gasteiger partial charge in [-0.2, -0.15) is 0 Å². The highest BCUT2D eigenvalue weighted by molar-refractivity contribution is 7.89. The highest BCUT2D eigenvalue weighted by Crippen LogP contribution is 2.28. The van der Waals surface area contributed by atoms with Crippen molar-refractivity contribution < 1.29 is 8.42 Å². The molecule has 0 atom stereocenters. The van der Waals surface area contributed by atoms with Crippen LogP contribution in [0.4, 0.5) is 0 Å². The van der Waals surface area contributed by atoms with Crippen LogP contribution in [0.2, 0.25) is 10.0 Å². The largest absolute Gasteiger partial charge is 0.314 e. The lowest BCUT2D eigenvalue weighted by molar-refractivity contribution is 0.554. The molecule has 19 heavy (non-hydrogen) atoms. The lowest BCUT2D eigenvalue weighted by atomic mass is 10.3. The molecule has 1 rings (SSSR count). The predicted molar refractivity (Wildman–Crippen MR) is 79.4 cm³/mol. The van der Waals surface area contributed by atoms with Crippen molar-refractivity contribution >= 4 is 33.2 Å². The third-order valence-electron chi connectivity index (χ3n) is 2.39. The molecule has 4 nitrogen and oxygen atoms in total. The Morgan fingerprint density at radius 3 is 2.26 bits per heavy atom. The quantitative estimate of drug-likeness (QED) is 0.758. The van der Waals surface area contributed by atoms with Crippen molar-refractivity contribution in [2.45, 2.75) is 31.2 Å². The molecule has 0 fully saturated rings. The van der Waals surface area contributed by atoms with Gasteiger partial charge in [0.05, 0.1) is 10.0 Å². The van der Waals surface area contributed by atoms with Crippen LogP contribution >= 0.6 is 23.2 Å². The molecular weight excluding hydrogens is 307 g/mol. The maximum atomic E-state index is 12.1. The summed E-state index contributed by atoms with van der Waals surface area (Å²) in [5.41, 5.74) is 0. The number of rotatable bonds is 7. The van der Waals surface area contributed by atoms with Gasteiger partial charge in [0.25, 0.3) is 0 Å². The van der Waals surface area contributed by atoms with E-state index in [4.69, 9.17) is 23.2 Å². The number of nitrogens with one attached hydrogen (secondary N) is 2. The minimum atomic E-state index is -3.66. The predicted octanol–water partition coefficient (Wildman–Crippen LogP) is 2.66. The first kappa shape index (κ1) is 16.7. The Hall–Kier alpha value is -0.330.